The Morgan fingerprint density at radius 1 is 1.19 bits per heavy atom. The standard InChI is InChI=1S/C20H15ClN2O3S/c1-11-6-5-7-13(10-11)19-23-22-18(26-19)12(2)25-20(24)17-16(21)14-8-3-4-9-15(14)27-17/h3-10,12H,1-2H3/t12-/m1/s1. The lowest BCUT2D eigenvalue weighted by Crippen LogP contribution is -2.08. The second-order valence-electron chi connectivity index (χ2n) is 6.10. The van der Waals surface area contributed by atoms with Crippen molar-refractivity contribution >= 4 is 39.0 Å². The van der Waals surface area contributed by atoms with Crippen molar-refractivity contribution in [2.45, 2.75) is 20.0 Å². The Bertz CT molecular complexity index is 1140. The van der Waals surface area contributed by atoms with Gasteiger partial charge in [-0.15, -0.1) is 21.5 Å². The molecule has 0 saturated carbocycles. The summed E-state index contributed by atoms with van der Waals surface area (Å²) in [4.78, 5) is 12.9. The predicted octanol–water partition coefficient (Wildman–Crippen LogP) is 5.83. The highest BCUT2D eigenvalue weighted by Gasteiger charge is 2.24. The summed E-state index contributed by atoms with van der Waals surface area (Å²) < 4.78 is 12.1. The number of aryl methyl sites for hydroxylation is 1. The van der Waals surface area contributed by atoms with Crippen LogP contribution in [0.3, 0.4) is 0 Å². The van der Waals surface area contributed by atoms with E-state index in [1.54, 1.807) is 6.92 Å². The lowest BCUT2D eigenvalue weighted by molar-refractivity contribution is 0.0286. The van der Waals surface area contributed by atoms with Gasteiger partial charge in [-0.1, -0.05) is 47.5 Å². The van der Waals surface area contributed by atoms with E-state index in [-0.39, 0.29) is 5.89 Å². The molecule has 0 aliphatic rings. The number of hydrogen-bond donors (Lipinski definition) is 0. The second-order valence-corrected chi connectivity index (χ2v) is 7.53. The Hall–Kier alpha value is -2.70. The maximum atomic E-state index is 12.6. The van der Waals surface area contributed by atoms with Gasteiger partial charge in [0.25, 0.3) is 5.89 Å². The lowest BCUT2D eigenvalue weighted by Gasteiger charge is -2.08. The summed E-state index contributed by atoms with van der Waals surface area (Å²) in [6, 6.07) is 15.3. The van der Waals surface area contributed by atoms with E-state index in [4.69, 9.17) is 20.8 Å². The maximum absolute atomic E-state index is 12.6. The largest absolute Gasteiger partial charge is 0.448 e. The summed E-state index contributed by atoms with van der Waals surface area (Å²) in [5.74, 6) is 0.109. The first-order valence-electron chi connectivity index (χ1n) is 8.31. The second kappa shape index (κ2) is 7.13. The number of fused-ring (bicyclic) bond motifs is 1. The van der Waals surface area contributed by atoms with E-state index in [0.29, 0.717) is 15.8 Å². The fraction of sp³-hybridized carbons (Fsp3) is 0.150. The smallest absolute Gasteiger partial charge is 0.350 e. The summed E-state index contributed by atoms with van der Waals surface area (Å²) >= 11 is 7.64. The summed E-state index contributed by atoms with van der Waals surface area (Å²) in [5, 5.41) is 9.30. The fourth-order valence-electron chi connectivity index (χ4n) is 2.70. The predicted molar refractivity (Wildman–Crippen MR) is 105 cm³/mol. The third-order valence-electron chi connectivity index (χ3n) is 4.06. The molecule has 0 unspecified atom stereocenters. The first-order valence-corrected chi connectivity index (χ1v) is 9.51. The van der Waals surface area contributed by atoms with Crippen LogP contribution >= 0.6 is 22.9 Å². The molecule has 5 nitrogen and oxygen atoms in total. The molecule has 0 spiro atoms. The van der Waals surface area contributed by atoms with Crippen LogP contribution in [0.4, 0.5) is 0 Å². The van der Waals surface area contributed by atoms with Gasteiger partial charge >= 0.3 is 5.97 Å². The molecule has 0 aliphatic carbocycles. The van der Waals surface area contributed by atoms with Crippen LogP contribution in [0.1, 0.15) is 34.2 Å². The molecule has 0 radical (unpaired) electrons. The van der Waals surface area contributed by atoms with Crippen LogP contribution in [-0.4, -0.2) is 16.2 Å². The van der Waals surface area contributed by atoms with Gasteiger partial charge in [0.15, 0.2) is 6.10 Å². The van der Waals surface area contributed by atoms with E-state index >= 15 is 0 Å². The maximum Gasteiger partial charge on any atom is 0.350 e. The van der Waals surface area contributed by atoms with Gasteiger partial charge in [-0.25, -0.2) is 4.79 Å². The van der Waals surface area contributed by atoms with Crippen LogP contribution < -0.4 is 0 Å². The van der Waals surface area contributed by atoms with Crippen molar-refractivity contribution in [1.82, 2.24) is 10.2 Å². The quantitative estimate of drug-likeness (QED) is 0.404. The van der Waals surface area contributed by atoms with Crippen LogP contribution in [0.15, 0.2) is 52.9 Å². The van der Waals surface area contributed by atoms with Gasteiger partial charge in [-0.3, -0.25) is 0 Å². The minimum Gasteiger partial charge on any atom is -0.448 e. The molecule has 0 fully saturated rings. The Labute approximate surface area is 164 Å². The number of thiophene rings is 1. The average molecular weight is 399 g/mol. The van der Waals surface area contributed by atoms with Gasteiger partial charge in [0.05, 0.1) is 5.02 Å². The van der Waals surface area contributed by atoms with Gasteiger partial charge in [0.1, 0.15) is 4.88 Å². The summed E-state index contributed by atoms with van der Waals surface area (Å²) in [5.41, 5.74) is 1.91. The highest BCUT2D eigenvalue weighted by Crippen LogP contribution is 2.36. The number of benzene rings is 2. The highest BCUT2D eigenvalue weighted by atomic mass is 35.5. The molecule has 2 heterocycles. The Balaban J connectivity index is 1.54. The molecule has 0 bridgehead atoms. The number of carbonyl (C=O) groups excluding carboxylic acids is 1. The van der Waals surface area contributed by atoms with Gasteiger partial charge in [-0.05, 0) is 32.0 Å². The van der Waals surface area contributed by atoms with Crippen molar-refractivity contribution in [3.05, 3.63) is 69.9 Å². The monoisotopic (exact) mass is 398 g/mol. The third kappa shape index (κ3) is 3.46. The number of aromatic nitrogens is 2. The highest BCUT2D eigenvalue weighted by molar-refractivity contribution is 7.21. The minimum atomic E-state index is -0.690. The van der Waals surface area contributed by atoms with Crippen LogP contribution in [0.25, 0.3) is 21.5 Å². The average Bonchev–Trinajstić information content (AvgIpc) is 3.28. The van der Waals surface area contributed by atoms with Gasteiger partial charge < -0.3 is 9.15 Å². The molecule has 4 rings (SSSR count). The van der Waals surface area contributed by atoms with E-state index in [2.05, 4.69) is 10.2 Å². The molecule has 4 aromatic rings. The van der Waals surface area contributed by atoms with Crippen LogP contribution in [0, 0.1) is 6.92 Å². The van der Waals surface area contributed by atoms with Crippen molar-refractivity contribution in [1.29, 1.82) is 0 Å². The van der Waals surface area contributed by atoms with Crippen LogP contribution in [-0.2, 0) is 4.74 Å². The van der Waals surface area contributed by atoms with Crippen molar-refractivity contribution in [2.75, 3.05) is 0 Å². The van der Waals surface area contributed by atoms with Crippen molar-refractivity contribution in [3.8, 4) is 11.5 Å². The third-order valence-corrected chi connectivity index (χ3v) is 5.71. The molecule has 0 N–H and O–H groups in total. The molecular formula is C20H15ClN2O3S. The van der Waals surface area contributed by atoms with E-state index in [1.165, 1.54) is 11.3 Å². The first-order chi connectivity index (χ1) is 13.0. The number of halogens is 1. The number of rotatable bonds is 4. The Morgan fingerprint density at radius 3 is 2.78 bits per heavy atom. The number of carbonyl (C=O) groups is 1. The number of hydrogen-bond acceptors (Lipinski definition) is 6. The van der Waals surface area contributed by atoms with Crippen molar-refractivity contribution < 1.29 is 13.9 Å². The Kier molecular flexibility index (Phi) is 4.68. The zero-order valence-electron chi connectivity index (χ0n) is 14.6. The molecular weight excluding hydrogens is 384 g/mol. The first kappa shape index (κ1) is 17.7. The zero-order valence-corrected chi connectivity index (χ0v) is 16.2. The normalized spacial score (nSPS) is 12.3. The lowest BCUT2D eigenvalue weighted by atomic mass is 10.1. The van der Waals surface area contributed by atoms with Crippen molar-refractivity contribution in [3.63, 3.8) is 0 Å². The van der Waals surface area contributed by atoms with Crippen LogP contribution in [0.5, 0.6) is 0 Å². The SMILES string of the molecule is Cc1cccc(-c2nnc([C@@H](C)OC(=O)c3sc4ccccc4c3Cl)o2)c1. The molecule has 1 atom stereocenters. The minimum absolute atomic E-state index is 0.233. The topological polar surface area (TPSA) is 65.2 Å². The van der Waals surface area contributed by atoms with E-state index in [9.17, 15) is 4.79 Å². The molecule has 7 heteroatoms. The van der Waals surface area contributed by atoms with E-state index in [0.717, 1.165) is 21.2 Å². The summed E-state index contributed by atoms with van der Waals surface area (Å²) in [6.07, 6.45) is -0.690. The fourth-order valence-corrected chi connectivity index (χ4v) is 4.09. The van der Waals surface area contributed by atoms with Gasteiger partial charge in [-0.2, -0.15) is 0 Å². The van der Waals surface area contributed by atoms with Crippen molar-refractivity contribution in [2.24, 2.45) is 0 Å². The Morgan fingerprint density at radius 2 is 2.00 bits per heavy atom. The van der Waals surface area contributed by atoms with Crippen LogP contribution in [0.2, 0.25) is 5.02 Å². The molecule has 0 amide bonds. The molecule has 2 aromatic heterocycles. The van der Waals surface area contributed by atoms with Gasteiger partial charge in [0, 0.05) is 15.6 Å². The van der Waals surface area contributed by atoms with E-state index < -0.39 is 12.1 Å². The molecule has 136 valence electrons. The molecule has 27 heavy (non-hydrogen) atoms. The summed E-state index contributed by atoms with van der Waals surface area (Å²) in [6.45, 7) is 3.67. The molecule has 2 aromatic carbocycles. The summed E-state index contributed by atoms with van der Waals surface area (Å²) in [7, 11) is 0. The number of nitrogens with zero attached hydrogens (tertiary/aromatic N) is 2. The number of ether oxygens (including phenoxy) is 1. The van der Waals surface area contributed by atoms with Gasteiger partial charge in [0.2, 0.25) is 5.89 Å². The van der Waals surface area contributed by atoms with E-state index in [1.807, 2.05) is 55.5 Å². The molecule has 0 aliphatic heterocycles. The zero-order chi connectivity index (χ0) is 19.0. The number of esters is 1. The molecule has 0 saturated heterocycles.